The zero-order valence-corrected chi connectivity index (χ0v) is 14.4. The third kappa shape index (κ3) is 2.72. The Kier molecular flexibility index (Phi) is 3.92. The van der Waals surface area contributed by atoms with Gasteiger partial charge in [0.2, 0.25) is 0 Å². The summed E-state index contributed by atoms with van der Waals surface area (Å²) in [5, 5.41) is 4.57. The van der Waals surface area contributed by atoms with E-state index >= 15 is 0 Å². The molecule has 1 spiro atoms. The summed E-state index contributed by atoms with van der Waals surface area (Å²) < 4.78 is 2.33. The van der Waals surface area contributed by atoms with Gasteiger partial charge < -0.3 is 5.32 Å². The predicted molar refractivity (Wildman–Crippen MR) is 91.6 cm³/mol. The average Bonchev–Trinajstić information content (AvgIpc) is 2.95. The fourth-order valence-electron chi connectivity index (χ4n) is 2.54. The Labute approximate surface area is 134 Å². The van der Waals surface area contributed by atoms with Crippen LogP contribution >= 0.6 is 50.3 Å². The number of anilines is 1. The van der Waals surface area contributed by atoms with Crippen molar-refractivity contribution in [2.75, 3.05) is 11.1 Å². The molecule has 2 nitrogen and oxygen atoms in total. The molecule has 3 rings (SSSR count). The molecule has 1 aromatic carbocycles. The first-order valence-corrected chi connectivity index (χ1v) is 8.97. The topological polar surface area (TPSA) is 24.4 Å². The van der Waals surface area contributed by atoms with Gasteiger partial charge in [0.1, 0.15) is 0 Å². The van der Waals surface area contributed by atoms with Gasteiger partial charge in [-0.15, -0.1) is 0 Å². The number of thioether (sulfide) groups is 1. The van der Waals surface area contributed by atoms with Gasteiger partial charge in [-0.1, -0.05) is 40.5 Å². The number of hydrogen-bond acceptors (Lipinski definition) is 3. The first kappa shape index (κ1) is 13.2. The number of halogens is 2. The lowest BCUT2D eigenvalue weighted by Gasteiger charge is -2.16. The SMILES string of the molecule is Brc1ccc(I)c(NC2=NC3(CCCC3)CS2)c1. The molecule has 1 aromatic rings. The molecule has 1 aliphatic heterocycles. The van der Waals surface area contributed by atoms with E-state index < -0.39 is 0 Å². The van der Waals surface area contributed by atoms with E-state index in [1.807, 2.05) is 11.8 Å². The molecule has 1 aliphatic carbocycles. The molecule has 0 bridgehead atoms. The van der Waals surface area contributed by atoms with Crippen LogP contribution in [0.4, 0.5) is 5.69 Å². The Balaban J connectivity index is 1.79. The van der Waals surface area contributed by atoms with Crippen LogP contribution in [0.15, 0.2) is 27.7 Å². The van der Waals surface area contributed by atoms with E-state index in [2.05, 4.69) is 62.0 Å². The van der Waals surface area contributed by atoms with E-state index in [-0.39, 0.29) is 5.54 Å². The molecular weight excluding hydrogens is 423 g/mol. The normalized spacial score (nSPS) is 21.3. The Hall–Kier alpha value is 0.250. The largest absolute Gasteiger partial charge is 0.334 e. The summed E-state index contributed by atoms with van der Waals surface area (Å²) in [6.45, 7) is 0. The van der Waals surface area contributed by atoms with E-state index in [1.165, 1.54) is 29.3 Å². The number of aliphatic imine (C=N–C) groups is 1. The van der Waals surface area contributed by atoms with Crippen LogP contribution in [-0.2, 0) is 0 Å². The molecule has 0 saturated heterocycles. The summed E-state index contributed by atoms with van der Waals surface area (Å²) in [6.07, 6.45) is 5.21. The minimum absolute atomic E-state index is 0.254. The van der Waals surface area contributed by atoms with Crippen LogP contribution in [-0.4, -0.2) is 16.5 Å². The van der Waals surface area contributed by atoms with Crippen LogP contribution < -0.4 is 5.32 Å². The smallest absolute Gasteiger partial charge is 0.161 e. The van der Waals surface area contributed by atoms with Crippen molar-refractivity contribution in [1.82, 2.24) is 0 Å². The Bertz CT molecular complexity index is 498. The zero-order chi connectivity index (χ0) is 12.6. The summed E-state index contributed by atoms with van der Waals surface area (Å²) in [7, 11) is 0. The minimum Gasteiger partial charge on any atom is -0.334 e. The standard InChI is InChI=1S/C13H14BrIN2S/c14-9-3-4-10(15)11(7-9)16-12-17-13(8-18-12)5-1-2-6-13/h3-4,7H,1-2,5-6,8H2,(H,16,17). The van der Waals surface area contributed by atoms with Crippen molar-refractivity contribution in [3.63, 3.8) is 0 Å². The number of hydrogen-bond donors (Lipinski definition) is 1. The molecule has 5 heteroatoms. The van der Waals surface area contributed by atoms with Gasteiger partial charge in [0, 0.05) is 13.8 Å². The monoisotopic (exact) mass is 436 g/mol. The first-order valence-electron chi connectivity index (χ1n) is 6.12. The average molecular weight is 437 g/mol. The highest BCUT2D eigenvalue weighted by molar-refractivity contribution is 14.1. The molecule has 0 unspecified atom stereocenters. The second kappa shape index (κ2) is 5.32. The maximum atomic E-state index is 4.93. The quantitative estimate of drug-likeness (QED) is 0.634. The van der Waals surface area contributed by atoms with E-state index in [1.54, 1.807) is 0 Å². The summed E-state index contributed by atoms with van der Waals surface area (Å²) >= 11 is 7.74. The van der Waals surface area contributed by atoms with E-state index in [0.717, 1.165) is 21.1 Å². The highest BCUT2D eigenvalue weighted by Gasteiger charge is 2.38. The molecule has 18 heavy (non-hydrogen) atoms. The van der Waals surface area contributed by atoms with Crippen LogP contribution in [0.25, 0.3) is 0 Å². The van der Waals surface area contributed by atoms with E-state index in [4.69, 9.17) is 4.99 Å². The van der Waals surface area contributed by atoms with Gasteiger partial charge in [0.15, 0.2) is 5.17 Å². The molecule has 0 aromatic heterocycles. The lowest BCUT2D eigenvalue weighted by Crippen LogP contribution is -2.21. The van der Waals surface area contributed by atoms with Crippen LogP contribution in [0.2, 0.25) is 0 Å². The molecule has 1 saturated carbocycles. The Morgan fingerprint density at radius 3 is 2.89 bits per heavy atom. The highest BCUT2D eigenvalue weighted by Crippen LogP contribution is 2.41. The van der Waals surface area contributed by atoms with Crippen LogP contribution in [0.5, 0.6) is 0 Å². The number of nitrogens with one attached hydrogen (secondary N) is 1. The number of benzene rings is 1. The van der Waals surface area contributed by atoms with Gasteiger partial charge in [-0.25, -0.2) is 0 Å². The third-order valence-corrected chi connectivity index (χ3v) is 6.10. The Morgan fingerprint density at radius 1 is 1.33 bits per heavy atom. The van der Waals surface area contributed by atoms with Gasteiger partial charge in [0.05, 0.1) is 11.2 Å². The van der Waals surface area contributed by atoms with Gasteiger partial charge in [-0.2, -0.15) is 0 Å². The van der Waals surface area contributed by atoms with Gasteiger partial charge in [-0.05, 0) is 53.6 Å². The lowest BCUT2D eigenvalue weighted by atomic mass is 10.0. The molecule has 1 N–H and O–H groups in total. The van der Waals surface area contributed by atoms with Crippen molar-refractivity contribution in [3.8, 4) is 0 Å². The molecule has 0 atom stereocenters. The maximum Gasteiger partial charge on any atom is 0.161 e. The third-order valence-electron chi connectivity index (χ3n) is 3.52. The molecule has 1 fully saturated rings. The molecule has 0 radical (unpaired) electrons. The van der Waals surface area contributed by atoms with Crippen molar-refractivity contribution < 1.29 is 0 Å². The second-order valence-electron chi connectivity index (χ2n) is 4.89. The molecule has 0 amide bonds. The minimum atomic E-state index is 0.254. The summed E-state index contributed by atoms with van der Waals surface area (Å²) in [5.41, 5.74) is 1.40. The van der Waals surface area contributed by atoms with Gasteiger partial charge >= 0.3 is 0 Å². The zero-order valence-electron chi connectivity index (χ0n) is 9.88. The Morgan fingerprint density at radius 2 is 2.11 bits per heavy atom. The van der Waals surface area contributed by atoms with Crippen LogP contribution in [0.1, 0.15) is 25.7 Å². The number of nitrogens with zero attached hydrogens (tertiary/aromatic N) is 1. The molecular formula is C13H14BrIN2S. The second-order valence-corrected chi connectivity index (χ2v) is 7.93. The van der Waals surface area contributed by atoms with Crippen LogP contribution in [0.3, 0.4) is 0 Å². The highest BCUT2D eigenvalue weighted by atomic mass is 127. The van der Waals surface area contributed by atoms with Gasteiger partial charge in [0.25, 0.3) is 0 Å². The fraction of sp³-hybridized carbons (Fsp3) is 0.462. The van der Waals surface area contributed by atoms with E-state index in [0.29, 0.717) is 0 Å². The summed E-state index contributed by atoms with van der Waals surface area (Å²) in [5.74, 6) is 1.15. The first-order chi connectivity index (χ1) is 8.67. The van der Waals surface area contributed by atoms with Crippen molar-refractivity contribution in [2.45, 2.75) is 31.2 Å². The maximum absolute atomic E-state index is 4.93. The molecule has 2 aliphatic rings. The van der Waals surface area contributed by atoms with Crippen LogP contribution in [0, 0.1) is 3.57 Å². The molecule has 1 heterocycles. The summed E-state index contributed by atoms with van der Waals surface area (Å²) in [6, 6.07) is 6.29. The number of amidine groups is 1. The van der Waals surface area contributed by atoms with Crippen molar-refractivity contribution in [2.24, 2.45) is 4.99 Å². The van der Waals surface area contributed by atoms with E-state index in [9.17, 15) is 0 Å². The van der Waals surface area contributed by atoms with Crippen molar-refractivity contribution in [1.29, 1.82) is 0 Å². The predicted octanol–water partition coefficient (Wildman–Crippen LogP) is 4.88. The number of rotatable bonds is 1. The van der Waals surface area contributed by atoms with Crippen molar-refractivity contribution in [3.05, 3.63) is 26.2 Å². The van der Waals surface area contributed by atoms with Gasteiger partial charge in [-0.3, -0.25) is 4.99 Å². The van der Waals surface area contributed by atoms with Crippen molar-refractivity contribution >= 4 is 61.1 Å². The lowest BCUT2D eigenvalue weighted by molar-refractivity contribution is 0.508. The summed E-state index contributed by atoms with van der Waals surface area (Å²) in [4.78, 5) is 4.93. The molecule has 96 valence electrons. The fourth-order valence-corrected chi connectivity index (χ4v) is 4.57.